The molecule has 0 bridgehead atoms. The van der Waals surface area contributed by atoms with Crippen LogP contribution in [0.2, 0.25) is 0 Å². The van der Waals surface area contributed by atoms with Crippen molar-refractivity contribution in [1.29, 1.82) is 5.26 Å². The summed E-state index contributed by atoms with van der Waals surface area (Å²) >= 11 is 0. The molecule has 0 spiro atoms. The summed E-state index contributed by atoms with van der Waals surface area (Å²) in [6, 6.07) is 8.21. The van der Waals surface area contributed by atoms with Crippen molar-refractivity contribution in [3.05, 3.63) is 53.3 Å². The van der Waals surface area contributed by atoms with Crippen molar-refractivity contribution in [2.24, 2.45) is 16.6 Å². The molecule has 1 saturated heterocycles. The van der Waals surface area contributed by atoms with Crippen LogP contribution in [0.4, 0.5) is 10.5 Å². The Hall–Kier alpha value is -3.40. The second-order valence-corrected chi connectivity index (χ2v) is 11.9. The Morgan fingerprint density at radius 3 is 2.40 bits per heavy atom. The lowest BCUT2D eigenvalue weighted by atomic mass is 9.79. The molecule has 1 aliphatic carbocycles. The Morgan fingerprint density at radius 1 is 1.27 bits per heavy atom. The maximum Gasteiger partial charge on any atom is 0.410 e. The first-order valence-electron chi connectivity index (χ1n) is 14.6. The quantitative estimate of drug-likeness (QED) is 0.351. The molecule has 1 atom stereocenters. The molecule has 1 aromatic carbocycles. The molecule has 218 valence electrons. The molecule has 0 radical (unpaired) electrons. The minimum atomic E-state index is -0.563. The third-order valence-corrected chi connectivity index (χ3v) is 7.23. The van der Waals surface area contributed by atoms with E-state index in [1.54, 1.807) is 4.90 Å². The smallest absolute Gasteiger partial charge is 0.410 e. The Morgan fingerprint density at radius 2 is 1.95 bits per heavy atom. The van der Waals surface area contributed by atoms with Crippen molar-refractivity contribution < 1.29 is 14.3 Å². The molecule has 1 unspecified atom stereocenters. The fourth-order valence-electron chi connectivity index (χ4n) is 4.87. The molecule has 7 heteroatoms. The molecule has 7 nitrogen and oxygen atoms in total. The highest BCUT2D eigenvalue weighted by Gasteiger charge is 2.36. The van der Waals surface area contributed by atoms with Gasteiger partial charge in [-0.3, -0.25) is 9.79 Å². The van der Waals surface area contributed by atoms with E-state index in [9.17, 15) is 14.9 Å². The van der Waals surface area contributed by atoms with Gasteiger partial charge in [0.2, 0.25) is 0 Å². The SMILES string of the molecule is C=CC(=O)C(C)C.CCC/C(N)=C1/C(=Nc2ccc(C3CCC3)cc2C#N)CCN(C(=O)OC(C)(C)C)C1CC. The average molecular weight is 549 g/mol. The molecule has 1 aromatic rings. The van der Waals surface area contributed by atoms with Gasteiger partial charge in [0, 0.05) is 35.9 Å². The summed E-state index contributed by atoms with van der Waals surface area (Å²) in [5.41, 5.74) is 11.1. The molecule has 1 amide bonds. The number of carbonyl (C=O) groups is 2. The Labute approximate surface area is 241 Å². The van der Waals surface area contributed by atoms with Crippen molar-refractivity contribution in [1.82, 2.24) is 4.90 Å². The van der Waals surface area contributed by atoms with E-state index in [0.29, 0.717) is 36.6 Å². The maximum atomic E-state index is 13.0. The maximum absolute atomic E-state index is 13.0. The zero-order chi connectivity index (χ0) is 30.0. The Bertz CT molecular complexity index is 1160. The van der Waals surface area contributed by atoms with Crippen molar-refractivity contribution in [2.45, 2.75) is 111 Å². The lowest BCUT2D eigenvalue weighted by Gasteiger charge is -2.39. The monoisotopic (exact) mass is 548 g/mol. The molecule has 1 aliphatic heterocycles. The van der Waals surface area contributed by atoms with Crippen LogP contribution in [0.1, 0.15) is 110 Å². The number of nitrogens with two attached hydrogens (primary N) is 1. The fourth-order valence-corrected chi connectivity index (χ4v) is 4.87. The zero-order valence-electron chi connectivity index (χ0n) is 25.5. The minimum absolute atomic E-state index is 0.109. The molecule has 2 N–H and O–H groups in total. The van der Waals surface area contributed by atoms with Crippen LogP contribution >= 0.6 is 0 Å². The van der Waals surface area contributed by atoms with Gasteiger partial charge in [-0.2, -0.15) is 5.26 Å². The number of rotatable bonds is 7. The van der Waals surface area contributed by atoms with Crippen molar-refractivity contribution >= 4 is 23.3 Å². The van der Waals surface area contributed by atoms with Gasteiger partial charge in [-0.15, -0.1) is 0 Å². The number of aliphatic imine (C=N–C) groups is 1. The van der Waals surface area contributed by atoms with E-state index >= 15 is 0 Å². The van der Waals surface area contributed by atoms with Gasteiger partial charge in [-0.1, -0.05) is 53.2 Å². The Kier molecular flexibility index (Phi) is 12.2. The lowest BCUT2D eigenvalue weighted by molar-refractivity contribution is -0.117. The van der Waals surface area contributed by atoms with Crippen LogP contribution in [-0.2, 0) is 9.53 Å². The number of ether oxygens (including phenoxy) is 1. The average Bonchev–Trinajstić information content (AvgIpc) is 2.86. The second-order valence-electron chi connectivity index (χ2n) is 11.9. The van der Waals surface area contributed by atoms with E-state index in [1.165, 1.54) is 30.9 Å². The number of allylic oxidation sites excluding steroid dienone is 2. The van der Waals surface area contributed by atoms with E-state index in [0.717, 1.165) is 29.8 Å². The van der Waals surface area contributed by atoms with Crippen molar-refractivity contribution in [3.63, 3.8) is 0 Å². The normalized spacial score (nSPS) is 19.7. The van der Waals surface area contributed by atoms with Crippen LogP contribution in [0.25, 0.3) is 0 Å². The highest BCUT2D eigenvalue weighted by molar-refractivity contribution is 6.05. The number of hydrogen-bond donors (Lipinski definition) is 1. The van der Waals surface area contributed by atoms with Crippen LogP contribution in [0, 0.1) is 17.2 Å². The summed E-state index contributed by atoms with van der Waals surface area (Å²) in [6.07, 6.45) is 7.60. The highest BCUT2D eigenvalue weighted by Crippen LogP contribution is 2.38. The van der Waals surface area contributed by atoms with E-state index in [2.05, 4.69) is 32.6 Å². The molecule has 40 heavy (non-hydrogen) atoms. The number of ketones is 1. The number of amides is 1. The summed E-state index contributed by atoms with van der Waals surface area (Å²) in [6.45, 7) is 17.3. The van der Waals surface area contributed by atoms with Crippen LogP contribution in [0.5, 0.6) is 0 Å². The van der Waals surface area contributed by atoms with Gasteiger partial charge in [-0.05, 0) is 76.1 Å². The predicted molar refractivity (Wildman–Crippen MR) is 163 cm³/mol. The van der Waals surface area contributed by atoms with Crippen molar-refractivity contribution in [3.8, 4) is 6.07 Å². The third kappa shape index (κ3) is 8.81. The third-order valence-electron chi connectivity index (χ3n) is 7.23. The number of carbonyl (C=O) groups excluding carboxylic acids is 2. The van der Waals surface area contributed by atoms with Gasteiger partial charge >= 0.3 is 6.09 Å². The molecule has 2 aliphatic rings. The summed E-state index contributed by atoms with van der Waals surface area (Å²) in [5, 5.41) is 9.80. The van der Waals surface area contributed by atoms with Crippen LogP contribution in [-0.4, -0.2) is 40.7 Å². The van der Waals surface area contributed by atoms with Gasteiger partial charge in [0.15, 0.2) is 5.78 Å². The molecule has 3 rings (SSSR count). The highest BCUT2D eigenvalue weighted by atomic mass is 16.6. The lowest BCUT2D eigenvalue weighted by Crippen LogP contribution is -2.50. The molecular weight excluding hydrogens is 500 g/mol. The standard InChI is InChI=1S/C27H38N4O2.C6H10O/c1-6-9-21(29)25-23(14-15-31(24(25)7-2)26(32)33-27(3,4)5)30-22-13-12-19(16-20(22)17-28)18-10-8-11-18;1-4-6(7)5(2)3/h12-13,16,18,24H,6-11,14-15,29H2,1-5H3;4-5H,1H2,2-3H3/b25-21+,30-23?;. The van der Waals surface area contributed by atoms with Crippen molar-refractivity contribution in [2.75, 3.05) is 6.54 Å². The zero-order valence-corrected chi connectivity index (χ0v) is 25.5. The first-order chi connectivity index (χ1) is 18.9. The van der Waals surface area contributed by atoms with Crippen LogP contribution in [0.15, 0.2) is 47.1 Å². The van der Waals surface area contributed by atoms with Gasteiger partial charge in [0.1, 0.15) is 11.7 Å². The molecule has 1 heterocycles. The number of likely N-dealkylation sites (tertiary alicyclic amines) is 1. The molecule has 1 saturated carbocycles. The van der Waals surface area contributed by atoms with Gasteiger partial charge in [-0.25, -0.2) is 4.79 Å². The summed E-state index contributed by atoms with van der Waals surface area (Å²) in [5.74, 6) is 0.786. The van der Waals surface area contributed by atoms with Gasteiger partial charge in [0.05, 0.1) is 17.3 Å². The molecule has 0 aromatic heterocycles. The second kappa shape index (κ2) is 14.8. The van der Waals surface area contributed by atoms with E-state index in [1.807, 2.05) is 46.8 Å². The van der Waals surface area contributed by atoms with E-state index in [-0.39, 0.29) is 23.8 Å². The summed E-state index contributed by atoms with van der Waals surface area (Å²) in [4.78, 5) is 30.1. The van der Waals surface area contributed by atoms with Crippen LogP contribution < -0.4 is 5.73 Å². The first-order valence-corrected chi connectivity index (χ1v) is 14.6. The largest absolute Gasteiger partial charge is 0.444 e. The summed E-state index contributed by atoms with van der Waals surface area (Å²) in [7, 11) is 0. The number of piperidine rings is 1. The fraction of sp³-hybridized carbons (Fsp3) is 0.576. The molecule has 2 fully saturated rings. The van der Waals surface area contributed by atoms with Gasteiger partial charge in [0.25, 0.3) is 0 Å². The van der Waals surface area contributed by atoms with Crippen LogP contribution in [0.3, 0.4) is 0 Å². The van der Waals surface area contributed by atoms with Gasteiger partial charge < -0.3 is 15.4 Å². The first kappa shape index (κ1) is 32.8. The minimum Gasteiger partial charge on any atom is -0.444 e. The number of nitriles is 1. The predicted octanol–water partition coefficient (Wildman–Crippen LogP) is 7.73. The number of benzene rings is 1. The number of hydrogen-bond acceptors (Lipinski definition) is 6. The van der Waals surface area contributed by atoms with E-state index < -0.39 is 5.60 Å². The topological polar surface area (TPSA) is 109 Å². The molecular formula is C33H48N4O3. The van der Waals surface area contributed by atoms with E-state index in [4.69, 9.17) is 15.5 Å². The number of nitrogens with zero attached hydrogens (tertiary/aromatic N) is 3. The Balaban J connectivity index is 0.000000708. The summed E-state index contributed by atoms with van der Waals surface area (Å²) < 4.78 is 5.68.